The zero-order valence-corrected chi connectivity index (χ0v) is 20.7. The second kappa shape index (κ2) is 9.75. The number of ether oxygens (including phenoxy) is 2. The number of benzene rings is 2. The lowest BCUT2D eigenvalue weighted by Crippen LogP contribution is -2.62. The number of nitrogens with one attached hydrogen (secondary N) is 1. The maximum Gasteiger partial charge on any atom is 0.511 e. The minimum Gasteiger partial charge on any atom is -0.487 e. The molecule has 0 bridgehead atoms. The highest BCUT2D eigenvalue weighted by Crippen LogP contribution is 2.62. The van der Waals surface area contributed by atoms with Crippen LogP contribution >= 0.6 is 23.4 Å². The molecule has 0 spiro atoms. The SMILES string of the molecule is O=C1CC[C@@]2(Sc3ccc(Cl)cc3)c3c(F)ccc(F)c3OC[C@@]2(OCCNS(=O)(=O)C(F)(F)F)C1. The molecule has 0 saturated heterocycles. The molecule has 2 aromatic rings. The highest BCUT2D eigenvalue weighted by Gasteiger charge is 2.63. The van der Waals surface area contributed by atoms with Crippen LogP contribution in [0.15, 0.2) is 41.3 Å². The van der Waals surface area contributed by atoms with Gasteiger partial charge in [-0.15, -0.1) is 11.8 Å². The van der Waals surface area contributed by atoms with Gasteiger partial charge in [0.15, 0.2) is 11.6 Å². The van der Waals surface area contributed by atoms with Gasteiger partial charge in [0, 0.05) is 29.3 Å². The molecule has 0 amide bonds. The molecule has 6 nitrogen and oxygen atoms in total. The van der Waals surface area contributed by atoms with E-state index in [4.69, 9.17) is 21.1 Å². The number of rotatable bonds is 7. The number of thioether (sulfide) groups is 1. The van der Waals surface area contributed by atoms with E-state index in [1.165, 1.54) is 4.72 Å². The zero-order valence-electron chi connectivity index (χ0n) is 18.3. The highest BCUT2D eigenvalue weighted by atomic mass is 35.5. The molecule has 2 aliphatic rings. The molecule has 0 radical (unpaired) electrons. The van der Waals surface area contributed by atoms with Gasteiger partial charge in [0.1, 0.15) is 23.8 Å². The molecule has 2 atom stereocenters. The maximum atomic E-state index is 15.3. The summed E-state index contributed by atoms with van der Waals surface area (Å²) >= 11 is 7.07. The lowest BCUT2D eigenvalue weighted by atomic mass is 9.69. The highest BCUT2D eigenvalue weighted by molar-refractivity contribution is 8.00. The molecule has 2 aromatic carbocycles. The first kappa shape index (κ1) is 27.1. The van der Waals surface area contributed by atoms with Gasteiger partial charge in [-0.1, -0.05) is 11.6 Å². The van der Waals surface area contributed by atoms with E-state index >= 15 is 4.39 Å². The van der Waals surface area contributed by atoms with Crippen LogP contribution in [0.1, 0.15) is 24.8 Å². The fourth-order valence-corrected chi connectivity index (χ4v) is 6.65. The van der Waals surface area contributed by atoms with E-state index in [0.29, 0.717) is 9.92 Å². The quantitative estimate of drug-likeness (QED) is 0.374. The number of hydrogen-bond donors (Lipinski definition) is 1. The molecule has 1 heterocycles. The average molecular weight is 572 g/mol. The molecule has 14 heteroatoms. The molecule has 0 unspecified atom stereocenters. The van der Waals surface area contributed by atoms with Crippen LogP contribution in [0.3, 0.4) is 0 Å². The lowest BCUT2D eigenvalue weighted by Gasteiger charge is -2.54. The first-order chi connectivity index (χ1) is 16.8. The second-order valence-corrected chi connectivity index (χ2v) is 11.9. The van der Waals surface area contributed by atoms with Crippen LogP contribution in [0.2, 0.25) is 5.02 Å². The Hall–Kier alpha value is -1.93. The Morgan fingerprint density at radius 3 is 2.44 bits per heavy atom. The van der Waals surface area contributed by atoms with Gasteiger partial charge in [-0.3, -0.25) is 4.79 Å². The van der Waals surface area contributed by atoms with Crippen molar-refractivity contribution in [1.29, 1.82) is 0 Å². The predicted octanol–water partition coefficient (Wildman–Crippen LogP) is 4.95. The van der Waals surface area contributed by atoms with Gasteiger partial charge in [-0.05, 0) is 42.8 Å². The summed E-state index contributed by atoms with van der Waals surface area (Å²) in [4.78, 5) is 13.1. The van der Waals surface area contributed by atoms with Crippen LogP contribution in [0.5, 0.6) is 5.75 Å². The molecular weight excluding hydrogens is 553 g/mol. The van der Waals surface area contributed by atoms with E-state index < -0.39 is 57.3 Å². The van der Waals surface area contributed by atoms with Gasteiger partial charge < -0.3 is 9.47 Å². The van der Waals surface area contributed by atoms with Gasteiger partial charge in [0.2, 0.25) is 0 Å². The molecule has 1 aliphatic heterocycles. The summed E-state index contributed by atoms with van der Waals surface area (Å²) in [6.45, 7) is -1.79. The second-order valence-electron chi connectivity index (χ2n) is 8.31. The number of sulfonamides is 1. The number of alkyl halides is 3. The first-order valence-corrected chi connectivity index (χ1v) is 13.3. The van der Waals surface area contributed by atoms with Gasteiger partial charge in [-0.25, -0.2) is 21.9 Å². The van der Waals surface area contributed by atoms with Crippen molar-refractivity contribution in [3.63, 3.8) is 0 Å². The van der Waals surface area contributed by atoms with Crippen molar-refractivity contribution >= 4 is 39.2 Å². The number of fused-ring (bicyclic) bond motifs is 3. The Balaban J connectivity index is 1.76. The monoisotopic (exact) mass is 571 g/mol. The Bertz CT molecular complexity index is 1270. The van der Waals surface area contributed by atoms with Crippen molar-refractivity contribution in [2.45, 2.75) is 40.0 Å². The van der Waals surface area contributed by atoms with E-state index in [2.05, 4.69) is 0 Å². The van der Waals surface area contributed by atoms with Gasteiger partial charge >= 0.3 is 15.5 Å². The molecule has 36 heavy (non-hydrogen) atoms. The average Bonchev–Trinajstić information content (AvgIpc) is 2.80. The molecule has 0 aromatic heterocycles. The maximum absolute atomic E-state index is 15.3. The summed E-state index contributed by atoms with van der Waals surface area (Å²) in [7, 11) is -5.63. The topological polar surface area (TPSA) is 81.7 Å². The summed E-state index contributed by atoms with van der Waals surface area (Å²) in [6.07, 6.45) is -0.305. The Morgan fingerprint density at radius 2 is 1.78 bits per heavy atom. The number of carbonyl (C=O) groups excluding carboxylic acids is 1. The third kappa shape index (κ3) is 4.83. The molecular formula is C22H19ClF5NO5S2. The first-order valence-electron chi connectivity index (χ1n) is 10.6. The Kier molecular flexibility index (Phi) is 7.34. The van der Waals surface area contributed by atoms with Crippen molar-refractivity contribution in [1.82, 2.24) is 4.72 Å². The van der Waals surface area contributed by atoms with Crippen molar-refractivity contribution < 1.29 is 44.6 Å². The number of halogens is 6. The summed E-state index contributed by atoms with van der Waals surface area (Å²) < 4.78 is 102. The smallest absolute Gasteiger partial charge is 0.487 e. The molecule has 1 N–H and O–H groups in total. The van der Waals surface area contributed by atoms with E-state index in [-0.39, 0.29) is 36.4 Å². The lowest BCUT2D eigenvalue weighted by molar-refractivity contribution is -0.151. The third-order valence-electron chi connectivity index (χ3n) is 6.07. The summed E-state index contributed by atoms with van der Waals surface area (Å²) in [5.74, 6) is -2.26. The summed E-state index contributed by atoms with van der Waals surface area (Å²) in [5, 5.41) is 0.430. The normalized spacial score (nSPS) is 24.1. The molecule has 1 saturated carbocycles. The van der Waals surface area contributed by atoms with Gasteiger partial charge in [0.25, 0.3) is 0 Å². The Morgan fingerprint density at radius 1 is 1.11 bits per heavy atom. The molecule has 4 rings (SSSR count). The molecule has 1 aliphatic carbocycles. The van der Waals surface area contributed by atoms with E-state index in [1.807, 2.05) is 0 Å². The summed E-state index contributed by atoms with van der Waals surface area (Å²) in [5.41, 5.74) is -7.33. The van der Waals surface area contributed by atoms with Crippen molar-refractivity contribution in [2.75, 3.05) is 19.8 Å². The molecule has 196 valence electrons. The van der Waals surface area contributed by atoms with Crippen LogP contribution in [0.4, 0.5) is 22.0 Å². The number of carbonyl (C=O) groups is 1. The fraction of sp³-hybridized carbons (Fsp3) is 0.409. The summed E-state index contributed by atoms with van der Waals surface area (Å²) in [6, 6.07) is 8.30. The number of hydrogen-bond acceptors (Lipinski definition) is 6. The van der Waals surface area contributed by atoms with Crippen LogP contribution in [-0.4, -0.2) is 45.1 Å². The van der Waals surface area contributed by atoms with Crippen molar-refractivity contribution in [3.8, 4) is 5.75 Å². The predicted molar refractivity (Wildman–Crippen MR) is 121 cm³/mol. The minimum absolute atomic E-state index is 0.00178. The Labute approximate surface area is 212 Å². The number of ketones is 1. The van der Waals surface area contributed by atoms with Crippen molar-refractivity contribution in [3.05, 3.63) is 58.6 Å². The third-order valence-corrected chi connectivity index (χ3v) is 9.15. The zero-order chi connectivity index (χ0) is 26.4. The fourth-order valence-electron chi connectivity index (χ4n) is 4.47. The van der Waals surface area contributed by atoms with Crippen LogP contribution in [-0.2, 0) is 24.3 Å². The van der Waals surface area contributed by atoms with E-state index in [9.17, 15) is 30.8 Å². The van der Waals surface area contributed by atoms with E-state index in [0.717, 1.165) is 23.9 Å². The molecule has 1 fully saturated rings. The standard InChI is InChI=1S/C22H19ClF5NO5S2/c23-13-1-3-15(4-2-13)35-21-8-7-14(30)11-20(21,34-10-9-29-36(31,32)22(26,27)28)12-33-19-17(25)6-5-16(24)18(19)21/h1-6,29H,7-12H2/t20-,21+/m0/s1. The van der Waals surface area contributed by atoms with Crippen molar-refractivity contribution in [2.24, 2.45) is 0 Å². The van der Waals surface area contributed by atoms with Gasteiger partial charge in [-0.2, -0.15) is 13.2 Å². The van der Waals surface area contributed by atoms with E-state index in [1.54, 1.807) is 24.3 Å². The minimum atomic E-state index is -5.63. The van der Waals surface area contributed by atoms with Gasteiger partial charge in [0.05, 0.1) is 16.9 Å². The largest absolute Gasteiger partial charge is 0.511 e. The van der Waals surface area contributed by atoms with Crippen LogP contribution in [0, 0.1) is 11.6 Å². The number of Topliss-reactive ketones (excluding diaryl/α,β-unsaturated/α-hetero) is 1. The van der Waals surface area contributed by atoms with Crippen LogP contribution in [0.25, 0.3) is 0 Å². The van der Waals surface area contributed by atoms with Crippen LogP contribution < -0.4 is 9.46 Å².